The van der Waals surface area contributed by atoms with Gasteiger partial charge in [-0.3, -0.25) is 9.36 Å². The number of likely N-dealkylation sites (tertiary alicyclic amines) is 1. The first-order valence-electron chi connectivity index (χ1n) is 11.0. The molecule has 3 aromatic rings. The van der Waals surface area contributed by atoms with Crippen LogP contribution in [0.3, 0.4) is 0 Å². The smallest absolute Gasteiger partial charge is 0.261 e. The molecule has 0 spiro atoms. The maximum absolute atomic E-state index is 13.1. The molecule has 4 rings (SSSR count). The predicted molar refractivity (Wildman–Crippen MR) is 121 cm³/mol. The van der Waals surface area contributed by atoms with Crippen LogP contribution in [-0.2, 0) is 13.0 Å². The Balaban J connectivity index is 1.46. The van der Waals surface area contributed by atoms with Gasteiger partial charge in [0.1, 0.15) is 5.82 Å². The SMILES string of the molecule is CCc1nc2ccccc2c(=O)n1CC1(O)CCN(CC(C)c2ccccc2)CC1. The predicted octanol–water partition coefficient (Wildman–Crippen LogP) is 3.59. The van der Waals surface area contributed by atoms with Crippen LogP contribution in [0, 0.1) is 0 Å². The first-order chi connectivity index (χ1) is 14.5. The first kappa shape index (κ1) is 20.8. The third-order valence-corrected chi connectivity index (χ3v) is 6.40. The number of aryl methyl sites for hydroxylation is 1. The van der Waals surface area contributed by atoms with Gasteiger partial charge in [0.2, 0.25) is 0 Å². The van der Waals surface area contributed by atoms with Crippen molar-refractivity contribution in [2.45, 2.75) is 51.2 Å². The van der Waals surface area contributed by atoms with Crippen molar-refractivity contribution in [3.63, 3.8) is 0 Å². The quantitative estimate of drug-likeness (QED) is 0.681. The number of benzene rings is 2. The van der Waals surface area contributed by atoms with E-state index >= 15 is 0 Å². The minimum Gasteiger partial charge on any atom is -0.388 e. The topological polar surface area (TPSA) is 58.4 Å². The molecule has 0 radical (unpaired) electrons. The van der Waals surface area contributed by atoms with Gasteiger partial charge in [0.05, 0.1) is 23.0 Å². The average molecular weight is 406 g/mol. The minimum atomic E-state index is -0.871. The molecule has 2 aromatic carbocycles. The van der Waals surface area contributed by atoms with Gasteiger partial charge >= 0.3 is 0 Å². The second-order valence-electron chi connectivity index (χ2n) is 8.63. The van der Waals surface area contributed by atoms with Crippen LogP contribution >= 0.6 is 0 Å². The highest BCUT2D eigenvalue weighted by atomic mass is 16.3. The van der Waals surface area contributed by atoms with E-state index in [1.807, 2.05) is 37.3 Å². The summed E-state index contributed by atoms with van der Waals surface area (Å²) in [5, 5.41) is 11.9. The molecule has 1 aromatic heterocycles. The third kappa shape index (κ3) is 4.32. The van der Waals surface area contributed by atoms with Crippen LogP contribution in [0.5, 0.6) is 0 Å². The Morgan fingerprint density at radius 2 is 1.73 bits per heavy atom. The zero-order chi connectivity index (χ0) is 21.1. The summed E-state index contributed by atoms with van der Waals surface area (Å²) in [6.07, 6.45) is 1.99. The number of nitrogens with zero attached hydrogens (tertiary/aromatic N) is 3. The second-order valence-corrected chi connectivity index (χ2v) is 8.63. The van der Waals surface area contributed by atoms with Crippen LogP contribution < -0.4 is 5.56 Å². The third-order valence-electron chi connectivity index (χ3n) is 6.40. The fraction of sp³-hybridized carbons (Fsp3) is 0.440. The molecule has 5 heteroatoms. The first-order valence-corrected chi connectivity index (χ1v) is 11.0. The molecule has 30 heavy (non-hydrogen) atoms. The molecule has 1 unspecified atom stereocenters. The van der Waals surface area contributed by atoms with Crippen molar-refractivity contribution < 1.29 is 5.11 Å². The van der Waals surface area contributed by atoms with Gasteiger partial charge < -0.3 is 10.0 Å². The average Bonchev–Trinajstić information content (AvgIpc) is 2.78. The number of hydrogen-bond donors (Lipinski definition) is 1. The lowest BCUT2D eigenvalue weighted by Crippen LogP contribution is -2.49. The molecular weight excluding hydrogens is 374 g/mol. The summed E-state index contributed by atoms with van der Waals surface area (Å²) in [6, 6.07) is 18.0. The zero-order valence-electron chi connectivity index (χ0n) is 17.9. The molecule has 1 atom stereocenters. The van der Waals surface area contributed by atoms with Crippen molar-refractivity contribution in [3.05, 3.63) is 76.3 Å². The number of aliphatic hydroxyl groups is 1. The van der Waals surface area contributed by atoms with E-state index in [-0.39, 0.29) is 5.56 Å². The van der Waals surface area contributed by atoms with Gasteiger partial charge in [-0.05, 0) is 36.5 Å². The van der Waals surface area contributed by atoms with E-state index in [4.69, 9.17) is 0 Å². The summed E-state index contributed by atoms with van der Waals surface area (Å²) in [7, 11) is 0. The molecule has 1 fully saturated rings. The van der Waals surface area contributed by atoms with Crippen molar-refractivity contribution in [3.8, 4) is 0 Å². The highest BCUT2D eigenvalue weighted by molar-refractivity contribution is 5.77. The van der Waals surface area contributed by atoms with Gasteiger partial charge in [-0.25, -0.2) is 4.98 Å². The standard InChI is InChI=1S/C25H31N3O2/c1-3-23-26-22-12-8-7-11-21(22)24(29)28(23)18-25(30)13-15-27(16-14-25)17-19(2)20-9-5-4-6-10-20/h4-12,19,30H,3,13-18H2,1-2H3. The van der Waals surface area contributed by atoms with E-state index in [2.05, 4.69) is 41.1 Å². The Bertz CT molecular complexity index is 1050. The van der Waals surface area contributed by atoms with E-state index in [1.54, 1.807) is 4.57 Å². The van der Waals surface area contributed by atoms with Gasteiger partial charge in [0, 0.05) is 26.1 Å². The molecule has 158 valence electrons. The summed E-state index contributed by atoms with van der Waals surface area (Å²) in [4.78, 5) is 20.2. The summed E-state index contributed by atoms with van der Waals surface area (Å²) in [5.74, 6) is 1.20. The number of hydrogen-bond acceptors (Lipinski definition) is 4. The molecule has 1 aliphatic heterocycles. The van der Waals surface area contributed by atoms with E-state index in [0.29, 0.717) is 37.1 Å². The lowest BCUT2D eigenvalue weighted by molar-refractivity contribution is -0.0360. The van der Waals surface area contributed by atoms with Gasteiger partial charge in [-0.2, -0.15) is 0 Å². The zero-order valence-corrected chi connectivity index (χ0v) is 17.9. The fourth-order valence-corrected chi connectivity index (χ4v) is 4.53. The monoisotopic (exact) mass is 405 g/mol. The van der Waals surface area contributed by atoms with Crippen LogP contribution in [-0.4, -0.2) is 44.8 Å². The summed E-state index contributed by atoms with van der Waals surface area (Å²) < 4.78 is 1.70. The molecule has 1 N–H and O–H groups in total. The molecule has 1 saturated heterocycles. The van der Waals surface area contributed by atoms with Crippen LogP contribution in [0.4, 0.5) is 0 Å². The molecule has 1 aliphatic rings. The maximum Gasteiger partial charge on any atom is 0.261 e. The van der Waals surface area contributed by atoms with E-state index in [1.165, 1.54) is 5.56 Å². The second kappa shape index (κ2) is 8.70. The molecule has 0 aliphatic carbocycles. The summed E-state index contributed by atoms with van der Waals surface area (Å²) in [6.45, 7) is 7.23. The van der Waals surface area contributed by atoms with Crippen LogP contribution in [0.15, 0.2) is 59.4 Å². The number of para-hydroxylation sites is 1. The summed E-state index contributed by atoms with van der Waals surface area (Å²) >= 11 is 0. The van der Waals surface area contributed by atoms with Crippen molar-refractivity contribution in [2.75, 3.05) is 19.6 Å². The molecule has 0 saturated carbocycles. The van der Waals surface area contributed by atoms with Crippen molar-refractivity contribution in [1.82, 2.24) is 14.5 Å². The van der Waals surface area contributed by atoms with Gasteiger partial charge in [0.15, 0.2) is 0 Å². The van der Waals surface area contributed by atoms with Crippen LogP contribution in [0.2, 0.25) is 0 Å². The summed E-state index contributed by atoms with van der Waals surface area (Å²) in [5.41, 5.74) is 1.16. The van der Waals surface area contributed by atoms with E-state index in [0.717, 1.165) is 31.0 Å². The maximum atomic E-state index is 13.1. The van der Waals surface area contributed by atoms with Gasteiger partial charge in [0.25, 0.3) is 5.56 Å². The molecule has 0 amide bonds. The van der Waals surface area contributed by atoms with Crippen LogP contribution in [0.25, 0.3) is 10.9 Å². The lowest BCUT2D eigenvalue weighted by atomic mass is 9.90. The van der Waals surface area contributed by atoms with Crippen molar-refractivity contribution in [1.29, 1.82) is 0 Å². The molecule has 5 nitrogen and oxygen atoms in total. The van der Waals surface area contributed by atoms with Crippen molar-refractivity contribution >= 4 is 10.9 Å². The number of piperidine rings is 1. The number of rotatable bonds is 6. The van der Waals surface area contributed by atoms with Gasteiger partial charge in [-0.1, -0.05) is 56.3 Å². The Hall–Kier alpha value is -2.50. The Labute approximate surface area is 178 Å². The minimum absolute atomic E-state index is 0.0500. The van der Waals surface area contributed by atoms with Gasteiger partial charge in [-0.15, -0.1) is 0 Å². The van der Waals surface area contributed by atoms with E-state index in [9.17, 15) is 9.90 Å². The normalized spacial score (nSPS) is 17.8. The highest BCUT2D eigenvalue weighted by Crippen LogP contribution is 2.26. The number of fused-ring (bicyclic) bond motifs is 1. The molecule has 2 heterocycles. The Morgan fingerprint density at radius 1 is 1.07 bits per heavy atom. The highest BCUT2D eigenvalue weighted by Gasteiger charge is 2.34. The molecular formula is C25H31N3O2. The Morgan fingerprint density at radius 3 is 2.43 bits per heavy atom. The van der Waals surface area contributed by atoms with E-state index < -0.39 is 5.60 Å². The van der Waals surface area contributed by atoms with Crippen LogP contribution in [0.1, 0.15) is 44.0 Å². The Kier molecular flexibility index (Phi) is 6.02. The fourth-order valence-electron chi connectivity index (χ4n) is 4.53. The van der Waals surface area contributed by atoms with Crippen molar-refractivity contribution in [2.24, 2.45) is 0 Å². The molecule has 0 bridgehead atoms. The largest absolute Gasteiger partial charge is 0.388 e. The number of aromatic nitrogens is 2. The lowest BCUT2D eigenvalue weighted by Gasteiger charge is -2.39.